The number of thiophene rings is 1. The second-order valence-corrected chi connectivity index (χ2v) is 15.0. The summed E-state index contributed by atoms with van der Waals surface area (Å²) in [5, 5.41) is 4.57. The first-order valence-corrected chi connectivity index (χ1v) is 19.5. The fraction of sp³-hybridized carbons (Fsp3) is 0. The lowest BCUT2D eigenvalue weighted by Gasteiger charge is -2.10. The molecule has 0 atom stereocenters. The third-order valence-electron chi connectivity index (χ3n) is 10.5. The first kappa shape index (κ1) is 32.2. The van der Waals surface area contributed by atoms with Gasteiger partial charge in [0.2, 0.25) is 0 Å². The lowest BCUT2D eigenvalue weighted by molar-refractivity contribution is 0.670. The number of hydrogen-bond acceptors (Lipinski definition) is 5. The molecule has 0 saturated heterocycles. The van der Waals surface area contributed by atoms with E-state index in [2.05, 4.69) is 152 Å². The Balaban J connectivity index is 1.12. The number of nitrogens with zero attached hydrogens (tertiary/aromatic N) is 3. The van der Waals surface area contributed by atoms with Crippen molar-refractivity contribution in [2.24, 2.45) is 0 Å². The topological polar surface area (TPSA) is 51.8 Å². The Labute approximate surface area is 327 Å². The Kier molecular flexibility index (Phi) is 7.64. The summed E-state index contributed by atoms with van der Waals surface area (Å²) in [6.45, 7) is 0. The maximum absolute atomic E-state index is 7.02. The van der Waals surface area contributed by atoms with Crippen molar-refractivity contribution in [3.8, 4) is 67.5 Å². The summed E-state index contributed by atoms with van der Waals surface area (Å²) in [5.74, 6) is 1.77. The van der Waals surface area contributed by atoms with Gasteiger partial charge in [0.05, 0.1) is 5.56 Å². The quantitative estimate of drug-likeness (QED) is 0.171. The highest BCUT2D eigenvalue weighted by Gasteiger charge is 2.21. The van der Waals surface area contributed by atoms with E-state index in [1.54, 1.807) is 0 Å². The number of rotatable bonds is 6. The van der Waals surface area contributed by atoms with Gasteiger partial charge in [-0.1, -0.05) is 158 Å². The first-order valence-electron chi connectivity index (χ1n) is 18.7. The van der Waals surface area contributed by atoms with Gasteiger partial charge in [-0.3, -0.25) is 0 Å². The summed E-state index contributed by atoms with van der Waals surface area (Å²) in [7, 11) is 0. The standard InChI is InChI=1S/C51H31N3OS/c1-4-15-32(16-5-1)35-21-12-22-36(29-35)50-52-49(34-19-8-3-9-20-34)53-51(54-50)42-27-14-26-41-40-25-13-24-38(46(40)55-47(41)42)37-30-43(33-17-6-2-7-18-33)48-44(31-37)39-23-10-11-28-45(39)56-48/h1-31H. The number of furan rings is 1. The number of hydrogen-bond donors (Lipinski definition) is 0. The summed E-state index contributed by atoms with van der Waals surface area (Å²) >= 11 is 1.85. The average molecular weight is 734 g/mol. The molecule has 0 aliphatic rings. The van der Waals surface area contributed by atoms with E-state index in [9.17, 15) is 0 Å². The van der Waals surface area contributed by atoms with Crippen LogP contribution in [-0.4, -0.2) is 15.0 Å². The minimum atomic E-state index is 0.558. The van der Waals surface area contributed by atoms with Crippen LogP contribution in [-0.2, 0) is 0 Å². The number of fused-ring (bicyclic) bond motifs is 6. The van der Waals surface area contributed by atoms with Crippen LogP contribution in [0.3, 0.4) is 0 Å². The van der Waals surface area contributed by atoms with Crippen LogP contribution >= 0.6 is 11.3 Å². The molecule has 0 spiro atoms. The summed E-state index contributed by atoms with van der Waals surface area (Å²) < 4.78 is 9.59. The van der Waals surface area contributed by atoms with Crippen LogP contribution in [0.25, 0.3) is 110 Å². The predicted molar refractivity (Wildman–Crippen MR) is 233 cm³/mol. The molecule has 11 aromatic rings. The van der Waals surface area contributed by atoms with Crippen LogP contribution in [0.5, 0.6) is 0 Å². The molecule has 0 unspecified atom stereocenters. The van der Waals surface area contributed by atoms with Gasteiger partial charge in [0.1, 0.15) is 11.2 Å². The lowest BCUT2D eigenvalue weighted by Crippen LogP contribution is -2.00. The van der Waals surface area contributed by atoms with Crippen molar-refractivity contribution in [3.63, 3.8) is 0 Å². The maximum Gasteiger partial charge on any atom is 0.167 e. The molecule has 0 amide bonds. The van der Waals surface area contributed by atoms with E-state index in [1.807, 2.05) is 47.7 Å². The maximum atomic E-state index is 7.02. The molecular weight excluding hydrogens is 703 g/mol. The number of aromatic nitrogens is 3. The van der Waals surface area contributed by atoms with Gasteiger partial charge >= 0.3 is 0 Å². The zero-order valence-electron chi connectivity index (χ0n) is 30.1. The Morgan fingerprint density at radius 3 is 1.61 bits per heavy atom. The fourth-order valence-corrected chi connectivity index (χ4v) is 9.07. The third kappa shape index (κ3) is 5.48. The van der Waals surface area contributed by atoms with Crippen LogP contribution in [0.4, 0.5) is 0 Å². The monoisotopic (exact) mass is 733 g/mol. The van der Waals surface area contributed by atoms with E-state index in [1.165, 1.54) is 31.3 Å². The van der Waals surface area contributed by atoms with Gasteiger partial charge < -0.3 is 4.42 Å². The Morgan fingerprint density at radius 2 is 0.857 bits per heavy atom. The van der Waals surface area contributed by atoms with Crippen molar-refractivity contribution in [2.45, 2.75) is 0 Å². The smallest absolute Gasteiger partial charge is 0.167 e. The van der Waals surface area contributed by atoms with Gasteiger partial charge in [0.25, 0.3) is 0 Å². The highest BCUT2D eigenvalue weighted by molar-refractivity contribution is 7.26. The molecule has 0 radical (unpaired) electrons. The van der Waals surface area contributed by atoms with Crippen LogP contribution in [0.15, 0.2) is 192 Å². The van der Waals surface area contributed by atoms with Gasteiger partial charge in [-0.05, 0) is 52.6 Å². The van der Waals surface area contributed by atoms with E-state index < -0.39 is 0 Å². The van der Waals surface area contributed by atoms with Crippen molar-refractivity contribution >= 4 is 53.4 Å². The SMILES string of the molecule is c1ccc(-c2cccc(-c3nc(-c4ccccc4)nc(-c4cccc5c4oc4c(-c6cc(-c7ccccc7)c7sc8ccccc8c7c6)cccc45)n3)c2)cc1. The van der Waals surface area contributed by atoms with Crippen molar-refractivity contribution < 1.29 is 4.42 Å². The Hall–Kier alpha value is -7.21. The summed E-state index contributed by atoms with van der Waals surface area (Å²) in [5.41, 5.74) is 11.0. The largest absolute Gasteiger partial charge is 0.455 e. The fourth-order valence-electron chi connectivity index (χ4n) is 7.85. The number of para-hydroxylation sites is 2. The van der Waals surface area contributed by atoms with Crippen molar-refractivity contribution in [1.82, 2.24) is 15.0 Å². The van der Waals surface area contributed by atoms with Gasteiger partial charge in [-0.25, -0.2) is 15.0 Å². The van der Waals surface area contributed by atoms with Crippen LogP contribution in [0.1, 0.15) is 0 Å². The summed E-state index contributed by atoms with van der Waals surface area (Å²) in [6, 6.07) is 65.6. The molecular formula is C51H31N3OS. The van der Waals surface area contributed by atoms with Crippen LogP contribution in [0.2, 0.25) is 0 Å². The molecule has 262 valence electrons. The van der Waals surface area contributed by atoms with E-state index in [4.69, 9.17) is 19.4 Å². The molecule has 0 fully saturated rings. The molecule has 0 bridgehead atoms. The normalized spacial score (nSPS) is 11.6. The minimum absolute atomic E-state index is 0.558. The molecule has 5 heteroatoms. The second kappa shape index (κ2) is 13.3. The van der Waals surface area contributed by atoms with E-state index in [0.29, 0.717) is 17.5 Å². The van der Waals surface area contributed by atoms with Gasteiger partial charge in [0, 0.05) is 53.2 Å². The van der Waals surface area contributed by atoms with Crippen molar-refractivity contribution in [3.05, 3.63) is 188 Å². The molecule has 56 heavy (non-hydrogen) atoms. The highest BCUT2D eigenvalue weighted by Crippen LogP contribution is 2.45. The molecule has 0 saturated carbocycles. The molecule has 11 rings (SSSR count). The Bertz CT molecular complexity index is 3240. The number of benzene rings is 8. The predicted octanol–water partition coefficient (Wildman–Crippen LogP) is 14.1. The van der Waals surface area contributed by atoms with Gasteiger partial charge in [-0.2, -0.15) is 0 Å². The zero-order chi connectivity index (χ0) is 37.0. The van der Waals surface area contributed by atoms with Gasteiger partial charge in [0.15, 0.2) is 17.5 Å². The van der Waals surface area contributed by atoms with Crippen molar-refractivity contribution in [1.29, 1.82) is 0 Å². The lowest BCUT2D eigenvalue weighted by atomic mass is 9.95. The third-order valence-corrected chi connectivity index (χ3v) is 11.8. The van der Waals surface area contributed by atoms with Crippen LogP contribution < -0.4 is 0 Å². The van der Waals surface area contributed by atoms with Crippen LogP contribution in [0, 0.1) is 0 Å². The highest BCUT2D eigenvalue weighted by atomic mass is 32.1. The molecule has 4 nitrogen and oxygen atoms in total. The zero-order valence-corrected chi connectivity index (χ0v) is 30.9. The summed E-state index contributed by atoms with van der Waals surface area (Å²) in [4.78, 5) is 15.3. The van der Waals surface area contributed by atoms with Gasteiger partial charge in [-0.15, -0.1) is 11.3 Å². The Morgan fingerprint density at radius 1 is 0.321 bits per heavy atom. The molecule has 0 aliphatic carbocycles. The van der Waals surface area contributed by atoms with Crippen molar-refractivity contribution in [2.75, 3.05) is 0 Å². The van der Waals surface area contributed by atoms with E-state index >= 15 is 0 Å². The average Bonchev–Trinajstić information content (AvgIpc) is 3.86. The second-order valence-electron chi connectivity index (χ2n) is 14.0. The first-order chi connectivity index (χ1) is 27.7. The minimum Gasteiger partial charge on any atom is -0.455 e. The van der Waals surface area contributed by atoms with E-state index in [0.717, 1.165) is 60.9 Å². The molecule has 0 N–H and O–H groups in total. The van der Waals surface area contributed by atoms with E-state index in [-0.39, 0.29) is 0 Å². The summed E-state index contributed by atoms with van der Waals surface area (Å²) in [6.07, 6.45) is 0. The molecule has 8 aromatic carbocycles. The molecule has 0 aliphatic heterocycles. The molecule has 3 aromatic heterocycles. The molecule has 3 heterocycles.